The summed E-state index contributed by atoms with van der Waals surface area (Å²) in [6, 6.07) is 7.88. The molecule has 0 spiro atoms. The van der Waals surface area contributed by atoms with Crippen LogP contribution in [0.3, 0.4) is 0 Å². The topological polar surface area (TPSA) is 53.1 Å². The molecule has 0 bridgehead atoms. The van der Waals surface area contributed by atoms with E-state index < -0.39 is 10.0 Å². The van der Waals surface area contributed by atoms with E-state index in [4.69, 9.17) is 4.74 Å². The van der Waals surface area contributed by atoms with Crippen molar-refractivity contribution in [3.63, 3.8) is 0 Å². The molecule has 2 aliphatic heterocycles. The Balaban J connectivity index is 1.72. The normalized spacial score (nSPS) is 19.1. The fourth-order valence-electron chi connectivity index (χ4n) is 3.44. The molecule has 25 heavy (non-hydrogen) atoms. The van der Waals surface area contributed by atoms with E-state index in [-0.39, 0.29) is 5.75 Å². The highest BCUT2D eigenvalue weighted by Crippen LogP contribution is 2.34. The third-order valence-electron chi connectivity index (χ3n) is 4.95. The van der Waals surface area contributed by atoms with Gasteiger partial charge >= 0.3 is 0 Å². The summed E-state index contributed by atoms with van der Waals surface area (Å²) in [4.78, 5) is 4.73. The Morgan fingerprint density at radius 3 is 2.44 bits per heavy atom. The zero-order valence-corrected chi connectivity index (χ0v) is 15.9. The molecule has 3 rings (SSSR count). The van der Waals surface area contributed by atoms with Crippen molar-refractivity contribution in [2.45, 2.75) is 19.8 Å². The van der Waals surface area contributed by atoms with Crippen molar-refractivity contribution in [2.24, 2.45) is 0 Å². The van der Waals surface area contributed by atoms with Crippen molar-refractivity contribution >= 4 is 21.4 Å². The van der Waals surface area contributed by atoms with Crippen LogP contribution < -0.4 is 9.21 Å². The Morgan fingerprint density at radius 1 is 1.00 bits per heavy atom. The van der Waals surface area contributed by atoms with Gasteiger partial charge in [0.2, 0.25) is 10.0 Å². The predicted molar refractivity (Wildman–Crippen MR) is 102 cm³/mol. The van der Waals surface area contributed by atoms with E-state index in [1.54, 1.807) is 4.31 Å². The van der Waals surface area contributed by atoms with Crippen molar-refractivity contribution in [2.75, 3.05) is 67.4 Å². The largest absolute Gasteiger partial charge is 0.379 e. The average molecular weight is 368 g/mol. The second-order valence-corrected chi connectivity index (χ2v) is 8.68. The SMILES string of the molecule is CCCCS(=O)(=O)N1CCN(CCN2CCOCC2)c2ccccc21. The number of morpholine rings is 1. The van der Waals surface area contributed by atoms with Crippen molar-refractivity contribution in [3.05, 3.63) is 24.3 Å². The van der Waals surface area contributed by atoms with E-state index in [9.17, 15) is 8.42 Å². The minimum atomic E-state index is -3.24. The van der Waals surface area contributed by atoms with Gasteiger partial charge in [-0.3, -0.25) is 9.21 Å². The molecular weight excluding hydrogens is 338 g/mol. The Bertz CT molecular complexity index is 659. The fraction of sp³-hybridized carbons (Fsp3) is 0.667. The van der Waals surface area contributed by atoms with Gasteiger partial charge in [-0.15, -0.1) is 0 Å². The molecule has 0 aromatic heterocycles. The first-order chi connectivity index (χ1) is 12.1. The molecule has 2 aliphatic rings. The second-order valence-electron chi connectivity index (χ2n) is 6.67. The van der Waals surface area contributed by atoms with Crippen LogP contribution >= 0.6 is 0 Å². The van der Waals surface area contributed by atoms with Crippen molar-refractivity contribution in [3.8, 4) is 0 Å². The smallest absolute Gasteiger partial charge is 0.235 e. The maximum atomic E-state index is 12.7. The van der Waals surface area contributed by atoms with Gasteiger partial charge in [-0.1, -0.05) is 25.5 Å². The van der Waals surface area contributed by atoms with Gasteiger partial charge < -0.3 is 9.64 Å². The maximum Gasteiger partial charge on any atom is 0.235 e. The van der Waals surface area contributed by atoms with E-state index in [2.05, 4.69) is 9.80 Å². The first kappa shape index (κ1) is 18.5. The Hall–Kier alpha value is -1.31. The van der Waals surface area contributed by atoms with Crippen LogP contribution in [0.1, 0.15) is 19.8 Å². The number of fused-ring (bicyclic) bond motifs is 1. The van der Waals surface area contributed by atoms with Crippen LogP contribution in [0.15, 0.2) is 24.3 Å². The summed E-state index contributed by atoms with van der Waals surface area (Å²) in [6.45, 7) is 8.77. The quantitative estimate of drug-likeness (QED) is 0.735. The van der Waals surface area contributed by atoms with Crippen LogP contribution in [-0.2, 0) is 14.8 Å². The Labute approximate surface area is 151 Å². The minimum absolute atomic E-state index is 0.228. The van der Waals surface area contributed by atoms with E-state index >= 15 is 0 Å². The summed E-state index contributed by atoms with van der Waals surface area (Å²) in [6.07, 6.45) is 1.60. The number of benzene rings is 1. The van der Waals surface area contributed by atoms with Crippen LogP contribution in [0.2, 0.25) is 0 Å². The number of unbranched alkanes of at least 4 members (excludes halogenated alkanes) is 1. The molecule has 6 nitrogen and oxygen atoms in total. The summed E-state index contributed by atoms with van der Waals surface area (Å²) >= 11 is 0. The van der Waals surface area contributed by atoms with Crippen LogP contribution in [0, 0.1) is 0 Å². The molecule has 0 atom stereocenters. The van der Waals surface area contributed by atoms with Crippen molar-refractivity contribution < 1.29 is 13.2 Å². The number of para-hydroxylation sites is 2. The molecule has 0 radical (unpaired) electrons. The van der Waals surface area contributed by atoms with Gasteiger partial charge in [0.05, 0.1) is 36.9 Å². The van der Waals surface area contributed by atoms with E-state index in [1.165, 1.54) is 0 Å². The van der Waals surface area contributed by atoms with Crippen LogP contribution in [0.25, 0.3) is 0 Å². The number of rotatable bonds is 7. The first-order valence-electron chi connectivity index (χ1n) is 9.26. The average Bonchev–Trinajstić information content (AvgIpc) is 2.65. The van der Waals surface area contributed by atoms with E-state index in [1.807, 2.05) is 31.2 Å². The molecule has 7 heteroatoms. The lowest BCUT2D eigenvalue weighted by Crippen LogP contribution is -2.48. The van der Waals surface area contributed by atoms with E-state index in [0.717, 1.165) is 63.7 Å². The molecule has 0 unspecified atom stereocenters. The van der Waals surface area contributed by atoms with Crippen molar-refractivity contribution in [1.29, 1.82) is 0 Å². The second kappa shape index (κ2) is 8.38. The third kappa shape index (κ3) is 4.46. The molecule has 2 heterocycles. The summed E-state index contributed by atoms with van der Waals surface area (Å²) in [5, 5.41) is 0. The predicted octanol–water partition coefficient (Wildman–Crippen LogP) is 1.78. The highest BCUT2D eigenvalue weighted by Gasteiger charge is 2.30. The standard InChI is InChI=1S/C18H29N3O3S/c1-2-3-16-25(22,23)21-11-10-20(17-6-4-5-7-18(17)21)9-8-19-12-14-24-15-13-19/h4-7H,2-3,8-16H2,1H3. The Kier molecular flexibility index (Phi) is 6.19. The summed E-state index contributed by atoms with van der Waals surface area (Å²) in [5.41, 5.74) is 1.86. The number of hydrogen-bond acceptors (Lipinski definition) is 5. The van der Waals surface area contributed by atoms with E-state index in [0.29, 0.717) is 13.0 Å². The zero-order chi connectivity index (χ0) is 17.7. The molecule has 0 N–H and O–H groups in total. The van der Waals surface area contributed by atoms with Crippen molar-refractivity contribution in [1.82, 2.24) is 4.90 Å². The number of sulfonamides is 1. The highest BCUT2D eigenvalue weighted by atomic mass is 32.2. The lowest BCUT2D eigenvalue weighted by atomic mass is 10.2. The fourth-order valence-corrected chi connectivity index (χ4v) is 5.13. The number of anilines is 2. The lowest BCUT2D eigenvalue weighted by molar-refractivity contribution is 0.0392. The van der Waals surface area contributed by atoms with Gasteiger partial charge in [0.25, 0.3) is 0 Å². The highest BCUT2D eigenvalue weighted by molar-refractivity contribution is 7.92. The van der Waals surface area contributed by atoms with Gasteiger partial charge in [0.15, 0.2) is 0 Å². The summed E-state index contributed by atoms with van der Waals surface area (Å²) in [5.74, 6) is 0.228. The zero-order valence-electron chi connectivity index (χ0n) is 15.1. The number of nitrogens with zero attached hydrogens (tertiary/aromatic N) is 3. The third-order valence-corrected chi connectivity index (χ3v) is 6.80. The van der Waals surface area contributed by atoms with Gasteiger partial charge in [0.1, 0.15) is 0 Å². The lowest BCUT2D eigenvalue weighted by Gasteiger charge is -2.39. The minimum Gasteiger partial charge on any atom is -0.379 e. The molecule has 1 saturated heterocycles. The molecule has 0 amide bonds. The first-order valence-corrected chi connectivity index (χ1v) is 10.9. The number of hydrogen-bond donors (Lipinski definition) is 0. The molecular formula is C18H29N3O3S. The summed E-state index contributed by atoms with van der Waals surface area (Å²) < 4.78 is 32.4. The molecule has 0 aliphatic carbocycles. The monoisotopic (exact) mass is 367 g/mol. The van der Waals surface area contributed by atoms with Crippen LogP contribution in [0.4, 0.5) is 11.4 Å². The maximum absolute atomic E-state index is 12.7. The van der Waals surface area contributed by atoms with Gasteiger partial charge in [-0.05, 0) is 18.6 Å². The van der Waals surface area contributed by atoms with Gasteiger partial charge in [0, 0.05) is 32.7 Å². The number of ether oxygens (including phenoxy) is 1. The Morgan fingerprint density at radius 2 is 1.72 bits per heavy atom. The molecule has 1 fully saturated rings. The summed E-state index contributed by atoms with van der Waals surface area (Å²) in [7, 11) is -3.24. The molecule has 1 aromatic rings. The van der Waals surface area contributed by atoms with Crippen LogP contribution in [0.5, 0.6) is 0 Å². The van der Waals surface area contributed by atoms with Crippen LogP contribution in [-0.4, -0.2) is 71.6 Å². The van der Waals surface area contributed by atoms with Gasteiger partial charge in [-0.2, -0.15) is 0 Å². The molecule has 0 saturated carbocycles. The molecule has 140 valence electrons. The van der Waals surface area contributed by atoms with Gasteiger partial charge in [-0.25, -0.2) is 8.42 Å². The molecule has 1 aromatic carbocycles.